The van der Waals surface area contributed by atoms with Gasteiger partial charge in [-0.3, -0.25) is 4.79 Å². The van der Waals surface area contributed by atoms with Gasteiger partial charge in [-0.05, 0) is 51.4 Å². The Kier molecular flexibility index (Phi) is 39.1. The lowest BCUT2D eigenvalue weighted by Gasteiger charge is -2.16. The van der Waals surface area contributed by atoms with Crippen molar-refractivity contribution < 1.29 is 19.4 Å². The first-order valence-corrected chi connectivity index (χ1v) is 20.2. The second-order valence-corrected chi connectivity index (χ2v) is 13.3. The van der Waals surface area contributed by atoms with Crippen molar-refractivity contribution in [1.82, 2.24) is 0 Å². The molecule has 0 aromatic rings. The lowest BCUT2D eigenvalue weighted by molar-refractivity contribution is -0.154. The van der Waals surface area contributed by atoms with Gasteiger partial charge in [0, 0.05) is 13.0 Å². The maximum Gasteiger partial charge on any atom is 0.306 e. The number of carbonyl (C=O) groups is 1. The minimum Gasteiger partial charge on any atom is -0.457 e. The number of esters is 1. The van der Waals surface area contributed by atoms with Crippen molar-refractivity contribution in [3.63, 3.8) is 0 Å². The van der Waals surface area contributed by atoms with Crippen LogP contribution in [0.15, 0.2) is 48.6 Å². The average Bonchev–Trinajstić information content (AvgIpc) is 3.08. The highest BCUT2D eigenvalue weighted by Crippen LogP contribution is 2.14. The SMILES string of the molecule is CC/C=C\C/C=C\C/C=C\C/C=C\CCCCCCCCCCCCCCC(=O)OC(CO)COCCCCCCCCCCCC. The number of aliphatic hydroxyl groups is 1. The molecule has 0 saturated carbocycles. The van der Waals surface area contributed by atoms with E-state index in [0.29, 0.717) is 19.6 Å². The molecular formula is C43H78O4. The third kappa shape index (κ3) is 38.7. The van der Waals surface area contributed by atoms with Crippen molar-refractivity contribution in [3.05, 3.63) is 48.6 Å². The number of hydrogen-bond acceptors (Lipinski definition) is 4. The highest BCUT2D eigenvalue weighted by molar-refractivity contribution is 5.69. The van der Waals surface area contributed by atoms with E-state index in [0.717, 1.165) is 44.9 Å². The lowest BCUT2D eigenvalue weighted by Crippen LogP contribution is -2.27. The zero-order valence-corrected chi connectivity index (χ0v) is 31.3. The van der Waals surface area contributed by atoms with Crippen LogP contribution in [0.4, 0.5) is 0 Å². The van der Waals surface area contributed by atoms with Gasteiger partial charge in [-0.2, -0.15) is 0 Å². The largest absolute Gasteiger partial charge is 0.457 e. The maximum absolute atomic E-state index is 12.2. The topological polar surface area (TPSA) is 55.8 Å². The molecule has 0 aliphatic heterocycles. The van der Waals surface area contributed by atoms with Crippen LogP contribution in [0.1, 0.15) is 194 Å². The highest BCUT2D eigenvalue weighted by Gasteiger charge is 2.13. The molecule has 1 atom stereocenters. The Bertz CT molecular complexity index is 738. The van der Waals surface area contributed by atoms with E-state index in [-0.39, 0.29) is 12.6 Å². The number of unbranched alkanes of at least 4 members (excludes halogenated alkanes) is 21. The van der Waals surface area contributed by atoms with Gasteiger partial charge in [-0.15, -0.1) is 0 Å². The molecule has 0 spiro atoms. The Morgan fingerprint density at radius 1 is 0.532 bits per heavy atom. The van der Waals surface area contributed by atoms with E-state index in [4.69, 9.17) is 9.47 Å². The molecule has 0 fully saturated rings. The molecule has 0 aliphatic rings. The standard InChI is InChI=1S/C43H78O4/c1-3-5-7-9-11-13-15-16-17-18-19-20-21-22-23-24-25-26-27-28-29-30-32-34-36-38-43(45)47-42(40-44)41-46-39-37-35-33-31-14-12-10-8-6-4-2/h5,7,11,13,16-17,19-20,42,44H,3-4,6,8-10,12,14-15,18,21-41H2,1-2H3/b7-5-,13-11-,17-16-,20-19-. The monoisotopic (exact) mass is 659 g/mol. The molecule has 0 rings (SSSR count). The van der Waals surface area contributed by atoms with Crippen molar-refractivity contribution in [2.45, 2.75) is 200 Å². The number of hydrogen-bond donors (Lipinski definition) is 1. The summed E-state index contributed by atoms with van der Waals surface area (Å²) >= 11 is 0. The van der Waals surface area contributed by atoms with Gasteiger partial charge in [-0.25, -0.2) is 0 Å². The number of carbonyl (C=O) groups excluding carboxylic acids is 1. The van der Waals surface area contributed by atoms with Gasteiger partial charge >= 0.3 is 5.97 Å². The molecule has 1 N–H and O–H groups in total. The summed E-state index contributed by atoms with van der Waals surface area (Å²) < 4.78 is 11.1. The predicted octanol–water partition coefficient (Wildman–Crippen LogP) is 13.1. The second kappa shape index (κ2) is 40.5. The summed E-state index contributed by atoms with van der Waals surface area (Å²) in [6.45, 7) is 5.23. The normalized spacial score (nSPS) is 12.8. The molecular weight excluding hydrogens is 580 g/mol. The first kappa shape index (κ1) is 45.3. The van der Waals surface area contributed by atoms with Crippen LogP contribution in [0, 0.1) is 0 Å². The fourth-order valence-electron chi connectivity index (χ4n) is 5.67. The molecule has 0 radical (unpaired) electrons. The van der Waals surface area contributed by atoms with Gasteiger partial charge in [0.2, 0.25) is 0 Å². The van der Waals surface area contributed by atoms with E-state index < -0.39 is 6.10 Å². The fourth-order valence-corrected chi connectivity index (χ4v) is 5.67. The van der Waals surface area contributed by atoms with E-state index >= 15 is 0 Å². The van der Waals surface area contributed by atoms with E-state index in [2.05, 4.69) is 62.5 Å². The molecule has 0 bridgehead atoms. The van der Waals surface area contributed by atoms with Gasteiger partial charge in [0.15, 0.2) is 0 Å². The van der Waals surface area contributed by atoms with Gasteiger partial charge in [-0.1, -0.05) is 184 Å². The van der Waals surface area contributed by atoms with Crippen molar-refractivity contribution in [2.75, 3.05) is 19.8 Å². The molecule has 0 amide bonds. The zero-order valence-electron chi connectivity index (χ0n) is 31.3. The van der Waals surface area contributed by atoms with Gasteiger partial charge < -0.3 is 14.6 Å². The van der Waals surface area contributed by atoms with Crippen LogP contribution in [0.5, 0.6) is 0 Å². The molecule has 4 nitrogen and oxygen atoms in total. The van der Waals surface area contributed by atoms with E-state index in [1.54, 1.807) is 0 Å². The minimum absolute atomic E-state index is 0.171. The van der Waals surface area contributed by atoms with Crippen molar-refractivity contribution in [2.24, 2.45) is 0 Å². The molecule has 47 heavy (non-hydrogen) atoms. The molecule has 0 aromatic heterocycles. The molecule has 274 valence electrons. The summed E-state index contributed by atoms with van der Waals surface area (Å²) in [5.74, 6) is -0.204. The summed E-state index contributed by atoms with van der Waals surface area (Å²) in [7, 11) is 0. The summed E-state index contributed by atoms with van der Waals surface area (Å²) in [4.78, 5) is 12.2. The maximum atomic E-state index is 12.2. The molecule has 0 saturated heterocycles. The first-order valence-electron chi connectivity index (χ1n) is 20.2. The van der Waals surface area contributed by atoms with E-state index in [1.165, 1.54) is 128 Å². The third-order valence-electron chi connectivity index (χ3n) is 8.67. The lowest BCUT2D eigenvalue weighted by atomic mass is 10.0. The number of aliphatic hydroxyl groups excluding tert-OH is 1. The first-order chi connectivity index (χ1) is 23.2. The number of allylic oxidation sites excluding steroid dienone is 8. The second-order valence-electron chi connectivity index (χ2n) is 13.3. The molecule has 1 unspecified atom stereocenters. The molecule has 4 heteroatoms. The summed E-state index contributed by atoms with van der Waals surface area (Å²) in [5.41, 5.74) is 0. The summed E-state index contributed by atoms with van der Waals surface area (Å²) in [6.07, 6.45) is 51.6. The van der Waals surface area contributed by atoms with Crippen molar-refractivity contribution in [1.29, 1.82) is 0 Å². The third-order valence-corrected chi connectivity index (χ3v) is 8.67. The fraction of sp³-hybridized carbons (Fsp3) is 0.791. The smallest absolute Gasteiger partial charge is 0.306 e. The number of ether oxygens (including phenoxy) is 2. The Hall–Kier alpha value is -1.65. The Morgan fingerprint density at radius 2 is 0.957 bits per heavy atom. The summed E-state index contributed by atoms with van der Waals surface area (Å²) in [6, 6.07) is 0. The van der Waals surface area contributed by atoms with Crippen LogP contribution in [-0.2, 0) is 14.3 Å². The van der Waals surface area contributed by atoms with Gasteiger partial charge in [0.1, 0.15) is 6.10 Å². The van der Waals surface area contributed by atoms with Gasteiger partial charge in [0.25, 0.3) is 0 Å². The molecule has 0 aliphatic carbocycles. The highest BCUT2D eigenvalue weighted by atomic mass is 16.6. The Labute approximate surface area is 292 Å². The van der Waals surface area contributed by atoms with E-state index in [9.17, 15) is 9.90 Å². The quantitative estimate of drug-likeness (QED) is 0.0410. The molecule has 0 aromatic carbocycles. The van der Waals surface area contributed by atoms with Crippen LogP contribution in [-0.4, -0.2) is 37.0 Å². The van der Waals surface area contributed by atoms with E-state index in [1.807, 2.05) is 0 Å². The van der Waals surface area contributed by atoms with Crippen LogP contribution in [0.25, 0.3) is 0 Å². The van der Waals surface area contributed by atoms with Crippen LogP contribution in [0.2, 0.25) is 0 Å². The van der Waals surface area contributed by atoms with Crippen LogP contribution in [0.3, 0.4) is 0 Å². The predicted molar refractivity (Wildman–Crippen MR) is 205 cm³/mol. The molecule has 0 heterocycles. The Balaban J connectivity index is 3.42. The Morgan fingerprint density at radius 3 is 1.45 bits per heavy atom. The minimum atomic E-state index is -0.531. The average molecular weight is 659 g/mol. The van der Waals surface area contributed by atoms with Crippen molar-refractivity contribution in [3.8, 4) is 0 Å². The number of rotatable bonds is 37. The van der Waals surface area contributed by atoms with Crippen molar-refractivity contribution >= 4 is 5.97 Å². The van der Waals surface area contributed by atoms with Gasteiger partial charge in [0.05, 0.1) is 13.2 Å². The van der Waals surface area contributed by atoms with Crippen LogP contribution < -0.4 is 0 Å². The van der Waals surface area contributed by atoms with Crippen LogP contribution >= 0.6 is 0 Å². The zero-order chi connectivity index (χ0) is 34.1. The summed E-state index contributed by atoms with van der Waals surface area (Å²) in [5, 5.41) is 9.55.